The van der Waals surface area contributed by atoms with Gasteiger partial charge >= 0.3 is 0 Å². The number of hydrogen-bond acceptors (Lipinski definition) is 4. The predicted molar refractivity (Wildman–Crippen MR) is 60.4 cm³/mol. The van der Waals surface area contributed by atoms with E-state index in [0.717, 1.165) is 13.1 Å². The minimum absolute atomic E-state index is 0.108. The van der Waals surface area contributed by atoms with E-state index < -0.39 is 0 Å². The molecule has 1 heterocycles. The molecule has 0 saturated heterocycles. The Bertz CT molecular complexity index is 262. The Labute approximate surface area is 91.1 Å². The molecule has 0 radical (unpaired) electrons. The molecule has 0 aliphatic carbocycles. The highest BCUT2D eigenvalue weighted by Gasteiger charge is 2.08. The first kappa shape index (κ1) is 12.1. The van der Waals surface area contributed by atoms with Gasteiger partial charge in [-0.25, -0.2) is 0 Å². The largest absolute Gasteiger partial charge is 0.379 e. The number of rotatable bonds is 6. The molecule has 0 aromatic carbocycles. The van der Waals surface area contributed by atoms with Crippen molar-refractivity contribution in [3.8, 4) is 0 Å². The summed E-state index contributed by atoms with van der Waals surface area (Å²) in [6.45, 7) is 2.29. The highest BCUT2D eigenvalue weighted by Crippen LogP contribution is 2.02. The summed E-state index contributed by atoms with van der Waals surface area (Å²) < 4.78 is 5.23. The van der Waals surface area contributed by atoms with E-state index in [0.29, 0.717) is 6.54 Å². The topological polar surface area (TPSA) is 51.4 Å². The molecule has 0 amide bonds. The van der Waals surface area contributed by atoms with Gasteiger partial charge < -0.3 is 10.5 Å². The molecule has 15 heavy (non-hydrogen) atoms. The Balaban J connectivity index is 2.39. The first-order valence-corrected chi connectivity index (χ1v) is 5.06. The average molecular weight is 209 g/mol. The molecular formula is C11H19N3O. The number of methoxy groups -OCH3 is 1. The molecular weight excluding hydrogens is 190 g/mol. The number of ether oxygens (including phenoxy) is 1. The standard InChI is InChI=1S/C11H19N3O/c1-14(9-11(7-12)15-2)8-10-3-5-13-6-4-10/h3-6,11H,7-9,12H2,1-2H3. The van der Waals surface area contributed by atoms with Gasteiger partial charge in [0.05, 0.1) is 6.10 Å². The number of likely N-dealkylation sites (N-methyl/N-ethyl adjacent to an activating group) is 1. The monoisotopic (exact) mass is 209 g/mol. The summed E-state index contributed by atoms with van der Waals surface area (Å²) in [4.78, 5) is 6.17. The molecule has 1 unspecified atom stereocenters. The average Bonchev–Trinajstić information content (AvgIpc) is 2.27. The molecule has 0 aliphatic heterocycles. The molecule has 0 bridgehead atoms. The summed E-state index contributed by atoms with van der Waals surface area (Å²) in [5, 5.41) is 0. The molecule has 4 nitrogen and oxygen atoms in total. The van der Waals surface area contributed by atoms with Crippen molar-refractivity contribution in [2.75, 3.05) is 27.2 Å². The van der Waals surface area contributed by atoms with Crippen molar-refractivity contribution >= 4 is 0 Å². The molecule has 0 aliphatic rings. The van der Waals surface area contributed by atoms with E-state index in [2.05, 4.69) is 16.9 Å². The molecule has 1 rings (SSSR count). The lowest BCUT2D eigenvalue weighted by molar-refractivity contribution is 0.0761. The van der Waals surface area contributed by atoms with Crippen molar-refractivity contribution in [2.24, 2.45) is 5.73 Å². The van der Waals surface area contributed by atoms with Gasteiger partial charge in [0.1, 0.15) is 0 Å². The summed E-state index contributed by atoms with van der Waals surface area (Å²) in [6, 6.07) is 4.03. The minimum atomic E-state index is 0.108. The second kappa shape index (κ2) is 6.50. The maximum absolute atomic E-state index is 5.56. The Morgan fingerprint density at radius 2 is 2.13 bits per heavy atom. The molecule has 1 atom stereocenters. The van der Waals surface area contributed by atoms with Crippen LogP contribution in [0, 0.1) is 0 Å². The van der Waals surface area contributed by atoms with Crippen LogP contribution < -0.4 is 5.73 Å². The van der Waals surface area contributed by atoms with Gasteiger partial charge in [0.25, 0.3) is 0 Å². The third-order valence-electron chi connectivity index (χ3n) is 2.31. The van der Waals surface area contributed by atoms with Crippen LogP contribution in [-0.4, -0.2) is 43.2 Å². The molecule has 84 valence electrons. The fourth-order valence-corrected chi connectivity index (χ4v) is 1.46. The third kappa shape index (κ3) is 4.38. The number of hydrogen-bond donors (Lipinski definition) is 1. The molecule has 0 fully saturated rings. The fourth-order valence-electron chi connectivity index (χ4n) is 1.46. The third-order valence-corrected chi connectivity index (χ3v) is 2.31. The van der Waals surface area contributed by atoms with Gasteiger partial charge in [-0.05, 0) is 24.7 Å². The highest BCUT2D eigenvalue weighted by molar-refractivity contribution is 5.09. The Hall–Kier alpha value is -0.970. The maximum atomic E-state index is 5.56. The van der Waals surface area contributed by atoms with Crippen molar-refractivity contribution in [3.05, 3.63) is 30.1 Å². The second-order valence-electron chi connectivity index (χ2n) is 3.65. The summed E-state index contributed by atoms with van der Waals surface area (Å²) in [6.07, 6.45) is 3.72. The molecule has 0 saturated carbocycles. The lowest BCUT2D eigenvalue weighted by atomic mass is 10.2. The van der Waals surface area contributed by atoms with Crippen LogP contribution in [0.5, 0.6) is 0 Å². The normalized spacial score (nSPS) is 13.1. The van der Waals surface area contributed by atoms with Crippen LogP contribution in [0.25, 0.3) is 0 Å². The number of nitrogens with zero attached hydrogens (tertiary/aromatic N) is 2. The highest BCUT2D eigenvalue weighted by atomic mass is 16.5. The zero-order chi connectivity index (χ0) is 11.1. The van der Waals surface area contributed by atoms with E-state index in [1.807, 2.05) is 12.1 Å². The number of nitrogens with two attached hydrogens (primary N) is 1. The molecule has 2 N–H and O–H groups in total. The van der Waals surface area contributed by atoms with Gasteiger partial charge in [0.15, 0.2) is 0 Å². The molecule has 1 aromatic heterocycles. The van der Waals surface area contributed by atoms with E-state index in [-0.39, 0.29) is 6.10 Å². The van der Waals surface area contributed by atoms with Gasteiger partial charge in [0, 0.05) is 39.1 Å². The number of pyridine rings is 1. The van der Waals surface area contributed by atoms with Crippen LogP contribution >= 0.6 is 0 Å². The SMILES string of the molecule is COC(CN)CN(C)Cc1ccncc1. The molecule has 1 aromatic rings. The van der Waals surface area contributed by atoms with Gasteiger partial charge in [-0.1, -0.05) is 0 Å². The molecule has 4 heteroatoms. The number of aromatic nitrogens is 1. The van der Waals surface area contributed by atoms with Crippen molar-refractivity contribution in [2.45, 2.75) is 12.6 Å². The van der Waals surface area contributed by atoms with Crippen LogP contribution in [0.2, 0.25) is 0 Å². The van der Waals surface area contributed by atoms with Crippen molar-refractivity contribution < 1.29 is 4.74 Å². The predicted octanol–water partition coefficient (Wildman–Crippen LogP) is 0.487. The van der Waals surface area contributed by atoms with Crippen molar-refractivity contribution in [1.82, 2.24) is 9.88 Å². The fraction of sp³-hybridized carbons (Fsp3) is 0.545. The molecule has 0 spiro atoms. The summed E-state index contributed by atoms with van der Waals surface area (Å²) in [5.41, 5.74) is 6.81. The van der Waals surface area contributed by atoms with Crippen molar-refractivity contribution in [1.29, 1.82) is 0 Å². The van der Waals surface area contributed by atoms with Gasteiger partial charge in [-0.15, -0.1) is 0 Å². The summed E-state index contributed by atoms with van der Waals surface area (Å²) in [7, 11) is 3.75. The second-order valence-corrected chi connectivity index (χ2v) is 3.65. The van der Waals surface area contributed by atoms with Crippen LogP contribution in [0.4, 0.5) is 0 Å². The Morgan fingerprint density at radius 3 is 2.67 bits per heavy atom. The zero-order valence-electron chi connectivity index (χ0n) is 9.39. The van der Waals surface area contributed by atoms with Crippen molar-refractivity contribution in [3.63, 3.8) is 0 Å². The van der Waals surface area contributed by atoms with Gasteiger partial charge in [-0.3, -0.25) is 9.88 Å². The Kier molecular flexibility index (Phi) is 5.25. The van der Waals surface area contributed by atoms with Crippen LogP contribution in [-0.2, 0) is 11.3 Å². The lowest BCUT2D eigenvalue weighted by Crippen LogP contribution is -2.35. The maximum Gasteiger partial charge on any atom is 0.0820 e. The lowest BCUT2D eigenvalue weighted by Gasteiger charge is -2.21. The Morgan fingerprint density at radius 1 is 1.47 bits per heavy atom. The summed E-state index contributed by atoms with van der Waals surface area (Å²) >= 11 is 0. The van der Waals surface area contributed by atoms with E-state index >= 15 is 0 Å². The first-order chi connectivity index (χ1) is 7.26. The van der Waals surface area contributed by atoms with E-state index in [4.69, 9.17) is 10.5 Å². The van der Waals surface area contributed by atoms with E-state index in [1.54, 1.807) is 19.5 Å². The summed E-state index contributed by atoms with van der Waals surface area (Å²) in [5.74, 6) is 0. The minimum Gasteiger partial charge on any atom is -0.379 e. The van der Waals surface area contributed by atoms with Gasteiger partial charge in [-0.2, -0.15) is 0 Å². The quantitative estimate of drug-likeness (QED) is 0.740. The first-order valence-electron chi connectivity index (χ1n) is 5.06. The van der Waals surface area contributed by atoms with Crippen LogP contribution in [0.3, 0.4) is 0 Å². The van der Waals surface area contributed by atoms with E-state index in [1.165, 1.54) is 5.56 Å². The van der Waals surface area contributed by atoms with Gasteiger partial charge in [0.2, 0.25) is 0 Å². The smallest absolute Gasteiger partial charge is 0.0820 e. The zero-order valence-corrected chi connectivity index (χ0v) is 9.39. The van der Waals surface area contributed by atoms with Crippen LogP contribution in [0.1, 0.15) is 5.56 Å². The van der Waals surface area contributed by atoms with Crippen LogP contribution in [0.15, 0.2) is 24.5 Å². The van der Waals surface area contributed by atoms with E-state index in [9.17, 15) is 0 Å².